The number of amides is 3. The molecule has 0 aliphatic heterocycles. The van der Waals surface area contributed by atoms with E-state index in [0.717, 1.165) is 11.1 Å². The summed E-state index contributed by atoms with van der Waals surface area (Å²) in [6.45, 7) is 11.3. The molecule has 0 unspecified atom stereocenters. The van der Waals surface area contributed by atoms with Crippen molar-refractivity contribution in [2.45, 2.75) is 72.7 Å². The second kappa shape index (κ2) is 15.8. The summed E-state index contributed by atoms with van der Waals surface area (Å²) < 4.78 is 10.2. The largest absolute Gasteiger partial charge is 0.468 e. The maximum Gasteiger partial charge on any atom is 0.408 e. The van der Waals surface area contributed by atoms with Gasteiger partial charge in [-0.2, -0.15) is 0 Å². The van der Waals surface area contributed by atoms with Crippen LogP contribution in [0.1, 0.15) is 59.1 Å². The van der Waals surface area contributed by atoms with E-state index in [0.29, 0.717) is 6.42 Å². The maximum atomic E-state index is 14.5. The number of methoxy groups -OCH3 is 1. The molecule has 224 valence electrons. The third-order valence-electron chi connectivity index (χ3n) is 7.15. The molecule has 0 bridgehead atoms. The molecule has 41 heavy (non-hydrogen) atoms. The number of ether oxygens (including phenoxy) is 2. The van der Waals surface area contributed by atoms with Crippen LogP contribution in [-0.2, 0) is 37.0 Å². The van der Waals surface area contributed by atoms with Gasteiger partial charge in [-0.1, -0.05) is 102 Å². The van der Waals surface area contributed by atoms with Crippen LogP contribution >= 0.6 is 0 Å². The van der Waals surface area contributed by atoms with Gasteiger partial charge in [0.05, 0.1) is 7.11 Å². The van der Waals surface area contributed by atoms with E-state index in [1.54, 1.807) is 4.90 Å². The zero-order valence-corrected chi connectivity index (χ0v) is 25.3. The number of hydrogen-bond acceptors (Lipinski definition) is 6. The average Bonchev–Trinajstić information content (AvgIpc) is 2.94. The number of nitrogens with zero attached hydrogens (tertiary/aromatic N) is 1. The maximum absolute atomic E-state index is 14.5. The summed E-state index contributed by atoms with van der Waals surface area (Å²) in [5.41, 5.74) is 0.287. The fourth-order valence-corrected chi connectivity index (χ4v) is 5.25. The Morgan fingerprint density at radius 2 is 1.37 bits per heavy atom. The molecule has 0 saturated heterocycles. The highest BCUT2D eigenvalue weighted by Crippen LogP contribution is 2.36. The van der Waals surface area contributed by atoms with Gasteiger partial charge in [-0.15, -0.1) is 0 Å². The van der Waals surface area contributed by atoms with E-state index < -0.39 is 35.5 Å². The molecule has 9 heteroatoms. The Morgan fingerprint density at radius 1 is 0.829 bits per heavy atom. The van der Waals surface area contributed by atoms with Gasteiger partial charge in [0.2, 0.25) is 11.8 Å². The van der Waals surface area contributed by atoms with Crippen LogP contribution in [-0.4, -0.2) is 54.0 Å². The minimum absolute atomic E-state index is 0.0533. The Hall–Kier alpha value is -3.88. The Kier molecular flexibility index (Phi) is 12.8. The summed E-state index contributed by atoms with van der Waals surface area (Å²) in [6.07, 6.45) is -0.386. The van der Waals surface area contributed by atoms with Gasteiger partial charge in [-0.25, -0.2) is 4.79 Å². The van der Waals surface area contributed by atoms with Crippen LogP contribution in [0.25, 0.3) is 0 Å². The molecule has 1 atom stereocenters. The number of esters is 1. The standard InChI is InChI=1S/C32H45N3O6/c1-22(2)18-27(34-31(39)41-21-26-16-12-9-13-17-26)29(37)35(20-25-14-10-8-11-15-25)32(23(3)4,24(5)6)30(38)33-19-28(36)40-7/h8-17,22-24,27H,18-21H2,1-7H3,(H,33,38)(H,34,39)/t27-/m0/s1. The molecule has 0 aromatic heterocycles. The van der Waals surface area contributed by atoms with Crippen molar-refractivity contribution in [3.05, 3.63) is 71.8 Å². The van der Waals surface area contributed by atoms with Gasteiger partial charge in [0.15, 0.2) is 0 Å². The predicted molar refractivity (Wildman–Crippen MR) is 157 cm³/mol. The Balaban J connectivity index is 2.51. The molecule has 2 N–H and O–H groups in total. The molecule has 0 aliphatic carbocycles. The Morgan fingerprint density at radius 3 is 1.85 bits per heavy atom. The van der Waals surface area contributed by atoms with E-state index in [-0.39, 0.29) is 37.5 Å². The van der Waals surface area contributed by atoms with E-state index in [1.807, 2.05) is 102 Å². The van der Waals surface area contributed by atoms with E-state index >= 15 is 0 Å². The number of alkyl carbamates (subject to hydrolysis) is 1. The third-order valence-corrected chi connectivity index (χ3v) is 7.15. The molecule has 0 radical (unpaired) electrons. The van der Waals surface area contributed by atoms with Gasteiger partial charge >= 0.3 is 12.1 Å². The van der Waals surface area contributed by atoms with Crippen molar-refractivity contribution in [3.8, 4) is 0 Å². The summed E-state index contributed by atoms with van der Waals surface area (Å²) in [5.74, 6) is -2.11. The number of carbonyl (C=O) groups excluding carboxylic acids is 4. The number of benzene rings is 2. The lowest BCUT2D eigenvalue weighted by Crippen LogP contribution is -2.68. The first-order chi connectivity index (χ1) is 19.4. The Labute approximate surface area is 244 Å². The van der Waals surface area contributed by atoms with Gasteiger partial charge in [0.1, 0.15) is 24.7 Å². The number of hydrogen-bond donors (Lipinski definition) is 2. The highest BCUT2D eigenvalue weighted by molar-refractivity contribution is 5.95. The van der Waals surface area contributed by atoms with Crippen molar-refractivity contribution in [1.29, 1.82) is 0 Å². The number of nitrogens with one attached hydrogen (secondary N) is 2. The molecule has 3 amide bonds. The van der Waals surface area contributed by atoms with Crippen LogP contribution in [0.3, 0.4) is 0 Å². The molecule has 0 heterocycles. The van der Waals surface area contributed by atoms with Crippen molar-refractivity contribution in [1.82, 2.24) is 15.5 Å². The van der Waals surface area contributed by atoms with Crippen LogP contribution in [0.15, 0.2) is 60.7 Å². The predicted octanol–water partition coefficient (Wildman–Crippen LogP) is 4.70. The summed E-state index contributed by atoms with van der Waals surface area (Å²) in [6, 6.07) is 17.7. The minimum atomic E-state index is -1.36. The number of rotatable bonds is 14. The average molecular weight is 568 g/mol. The first-order valence-corrected chi connectivity index (χ1v) is 14.1. The third kappa shape index (κ3) is 9.06. The first-order valence-electron chi connectivity index (χ1n) is 14.1. The topological polar surface area (TPSA) is 114 Å². The van der Waals surface area contributed by atoms with Crippen molar-refractivity contribution < 1.29 is 28.7 Å². The van der Waals surface area contributed by atoms with Gasteiger partial charge < -0.3 is 25.0 Å². The molecule has 0 saturated carbocycles. The minimum Gasteiger partial charge on any atom is -0.468 e. The normalized spacial score (nSPS) is 12.1. The zero-order valence-electron chi connectivity index (χ0n) is 25.3. The van der Waals surface area contributed by atoms with Crippen LogP contribution in [0, 0.1) is 17.8 Å². The summed E-state index contributed by atoms with van der Waals surface area (Å²) in [7, 11) is 1.25. The van der Waals surface area contributed by atoms with E-state index in [9.17, 15) is 19.2 Å². The highest BCUT2D eigenvalue weighted by Gasteiger charge is 2.52. The molecule has 0 fully saturated rings. The fraction of sp³-hybridized carbons (Fsp3) is 0.500. The van der Waals surface area contributed by atoms with Crippen molar-refractivity contribution in [2.24, 2.45) is 17.8 Å². The molecule has 2 aromatic carbocycles. The molecular formula is C32H45N3O6. The van der Waals surface area contributed by atoms with E-state index in [1.165, 1.54) is 7.11 Å². The SMILES string of the molecule is COC(=O)CNC(=O)C(C(C)C)(C(C)C)N(Cc1ccccc1)C(=O)[C@H](CC(C)C)NC(=O)OCc1ccccc1. The summed E-state index contributed by atoms with van der Waals surface area (Å²) in [5, 5.41) is 5.47. The Bertz CT molecular complexity index is 1130. The van der Waals surface area contributed by atoms with Crippen molar-refractivity contribution in [2.75, 3.05) is 13.7 Å². The fourth-order valence-electron chi connectivity index (χ4n) is 5.25. The first kappa shape index (κ1) is 33.3. The lowest BCUT2D eigenvalue weighted by atomic mass is 9.73. The van der Waals surface area contributed by atoms with Crippen LogP contribution < -0.4 is 10.6 Å². The van der Waals surface area contributed by atoms with Gasteiger partial charge in [0.25, 0.3) is 0 Å². The van der Waals surface area contributed by atoms with Gasteiger partial charge in [-0.05, 0) is 35.3 Å². The quantitative estimate of drug-likeness (QED) is 0.320. The van der Waals surface area contributed by atoms with E-state index in [4.69, 9.17) is 9.47 Å². The van der Waals surface area contributed by atoms with E-state index in [2.05, 4.69) is 10.6 Å². The summed E-state index contributed by atoms with van der Waals surface area (Å²) in [4.78, 5) is 54.9. The second-order valence-corrected chi connectivity index (χ2v) is 11.2. The smallest absolute Gasteiger partial charge is 0.408 e. The lowest BCUT2D eigenvalue weighted by molar-refractivity contribution is -0.159. The van der Waals surface area contributed by atoms with Crippen LogP contribution in [0.2, 0.25) is 0 Å². The van der Waals surface area contributed by atoms with Crippen molar-refractivity contribution >= 4 is 23.9 Å². The highest BCUT2D eigenvalue weighted by atomic mass is 16.5. The molecule has 2 rings (SSSR count). The van der Waals surface area contributed by atoms with Gasteiger partial charge in [-0.3, -0.25) is 14.4 Å². The molecular weight excluding hydrogens is 522 g/mol. The summed E-state index contributed by atoms with van der Waals surface area (Å²) >= 11 is 0. The molecule has 0 aliphatic rings. The van der Waals surface area contributed by atoms with Crippen LogP contribution in [0.4, 0.5) is 4.79 Å². The zero-order chi connectivity index (χ0) is 30.6. The second-order valence-electron chi connectivity index (χ2n) is 11.2. The molecule has 0 spiro atoms. The van der Waals surface area contributed by atoms with Gasteiger partial charge in [0, 0.05) is 6.54 Å². The van der Waals surface area contributed by atoms with Crippen LogP contribution in [0.5, 0.6) is 0 Å². The number of carbonyl (C=O) groups is 4. The molecule has 2 aromatic rings. The monoisotopic (exact) mass is 567 g/mol. The van der Waals surface area contributed by atoms with Crippen molar-refractivity contribution in [3.63, 3.8) is 0 Å². The molecule has 9 nitrogen and oxygen atoms in total. The lowest BCUT2D eigenvalue weighted by Gasteiger charge is -2.49.